The lowest BCUT2D eigenvalue weighted by Crippen LogP contribution is -2.33. The highest BCUT2D eigenvalue weighted by atomic mass is 19.1. The summed E-state index contributed by atoms with van der Waals surface area (Å²) in [6.07, 6.45) is 1.07. The average molecular weight is 239 g/mol. The number of hydrogen-bond donors (Lipinski definition) is 2. The van der Waals surface area contributed by atoms with Gasteiger partial charge in [-0.15, -0.1) is 0 Å². The molecule has 1 aliphatic heterocycles. The number of rotatable bonds is 4. The maximum atomic E-state index is 13.0. The first-order chi connectivity index (χ1) is 8.15. The SMILES string of the molecule is CC(NCc1cc(O)cc(F)c1)C1CCOC1. The predicted octanol–water partition coefficient (Wildman–Crippen LogP) is 2.05. The molecule has 2 rings (SSSR count). The summed E-state index contributed by atoms with van der Waals surface area (Å²) < 4.78 is 18.4. The van der Waals surface area contributed by atoms with E-state index < -0.39 is 5.82 Å². The van der Waals surface area contributed by atoms with Crippen molar-refractivity contribution in [1.82, 2.24) is 5.32 Å². The molecule has 0 radical (unpaired) electrons. The van der Waals surface area contributed by atoms with E-state index in [0.717, 1.165) is 31.3 Å². The van der Waals surface area contributed by atoms with Gasteiger partial charge in [0.2, 0.25) is 0 Å². The Morgan fingerprint density at radius 3 is 3.00 bits per heavy atom. The molecule has 17 heavy (non-hydrogen) atoms. The fraction of sp³-hybridized carbons (Fsp3) is 0.538. The van der Waals surface area contributed by atoms with Crippen LogP contribution in [-0.2, 0) is 11.3 Å². The van der Waals surface area contributed by atoms with E-state index in [1.807, 2.05) is 0 Å². The summed E-state index contributed by atoms with van der Waals surface area (Å²) in [6, 6.07) is 4.46. The number of nitrogens with one attached hydrogen (secondary N) is 1. The lowest BCUT2D eigenvalue weighted by molar-refractivity contribution is 0.178. The van der Waals surface area contributed by atoms with E-state index in [1.165, 1.54) is 6.07 Å². The summed E-state index contributed by atoms with van der Waals surface area (Å²) in [5.74, 6) is 0.0921. The zero-order valence-corrected chi connectivity index (χ0v) is 9.95. The number of benzene rings is 1. The normalized spacial score (nSPS) is 21.6. The molecule has 1 saturated heterocycles. The molecule has 0 spiro atoms. The van der Waals surface area contributed by atoms with Crippen LogP contribution in [0.5, 0.6) is 5.75 Å². The van der Waals surface area contributed by atoms with Crippen molar-refractivity contribution in [3.63, 3.8) is 0 Å². The summed E-state index contributed by atoms with van der Waals surface area (Å²) in [4.78, 5) is 0. The van der Waals surface area contributed by atoms with Crippen LogP contribution in [0.4, 0.5) is 4.39 Å². The number of ether oxygens (including phenoxy) is 1. The zero-order chi connectivity index (χ0) is 12.3. The largest absolute Gasteiger partial charge is 0.508 e. The molecular formula is C13H18FNO2. The zero-order valence-electron chi connectivity index (χ0n) is 9.95. The molecule has 1 fully saturated rings. The second kappa shape index (κ2) is 5.47. The van der Waals surface area contributed by atoms with Gasteiger partial charge in [-0.05, 0) is 37.0 Å². The highest BCUT2D eigenvalue weighted by molar-refractivity contribution is 5.28. The van der Waals surface area contributed by atoms with Crippen molar-refractivity contribution < 1.29 is 14.2 Å². The Labute approximate surface area is 101 Å². The van der Waals surface area contributed by atoms with Crippen LogP contribution < -0.4 is 5.32 Å². The van der Waals surface area contributed by atoms with Crippen LogP contribution in [-0.4, -0.2) is 24.4 Å². The summed E-state index contributed by atoms with van der Waals surface area (Å²) >= 11 is 0. The summed E-state index contributed by atoms with van der Waals surface area (Å²) in [5.41, 5.74) is 0.758. The van der Waals surface area contributed by atoms with E-state index in [0.29, 0.717) is 18.5 Å². The minimum Gasteiger partial charge on any atom is -0.508 e. The van der Waals surface area contributed by atoms with Gasteiger partial charge in [0.25, 0.3) is 0 Å². The van der Waals surface area contributed by atoms with Gasteiger partial charge in [0, 0.05) is 25.3 Å². The summed E-state index contributed by atoms with van der Waals surface area (Å²) in [5, 5.41) is 12.6. The predicted molar refractivity (Wildman–Crippen MR) is 63.3 cm³/mol. The van der Waals surface area contributed by atoms with Gasteiger partial charge in [-0.2, -0.15) is 0 Å². The molecule has 1 aromatic rings. The summed E-state index contributed by atoms with van der Waals surface area (Å²) in [6.45, 7) is 4.29. The fourth-order valence-electron chi connectivity index (χ4n) is 2.13. The van der Waals surface area contributed by atoms with E-state index in [1.54, 1.807) is 6.07 Å². The first-order valence-corrected chi connectivity index (χ1v) is 5.94. The minimum atomic E-state index is -0.404. The number of aromatic hydroxyl groups is 1. The van der Waals surface area contributed by atoms with Crippen molar-refractivity contribution >= 4 is 0 Å². The first-order valence-electron chi connectivity index (χ1n) is 5.94. The van der Waals surface area contributed by atoms with E-state index in [4.69, 9.17) is 4.74 Å². The average Bonchev–Trinajstić information content (AvgIpc) is 2.78. The van der Waals surface area contributed by atoms with Crippen LogP contribution >= 0.6 is 0 Å². The molecule has 3 nitrogen and oxygen atoms in total. The fourth-order valence-corrected chi connectivity index (χ4v) is 2.13. The van der Waals surface area contributed by atoms with Crippen LogP contribution in [0.1, 0.15) is 18.9 Å². The molecule has 2 unspecified atom stereocenters. The molecule has 0 saturated carbocycles. The third-order valence-electron chi connectivity index (χ3n) is 3.24. The topological polar surface area (TPSA) is 41.5 Å². The van der Waals surface area contributed by atoms with Crippen molar-refractivity contribution in [1.29, 1.82) is 0 Å². The molecule has 1 aliphatic rings. The first kappa shape index (κ1) is 12.3. The molecule has 1 heterocycles. The molecule has 2 N–H and O–H groups in total. The van der Waals surface area contributed by atoms with Crippen molar-refractivity contribution in [3.05, 3.63) is 29.6 Å². The molecule has 4 heteroatoms. The smallest absolute Gasteiger partial charge is 0.127 e. The lowest BCUT2D eigenvalue weighted by Gasteiger charge is -2.19. The minimum absolute atomic E-state index is 0.0290. The van der Waals surface area contributed by atoms with Crippen molar-refractivity contribution in [3.8, 4) is 5.75 Å². The quantitative estimate of drug-likeness (QED) is 0.845. The summed E-state index contributed by atoms with van der Waals surface area (Å²) in [7, 11) is 0. The van der Waals surface area contributed by atoms with Crippen LogP contribution in [0, 0.1) is 11.7 Å². The number of phenols is 1. The third kappa shape index (κ3) is 3.41. The number of phenolic OH excluding ortho intramolecular Hbond substituents is 1. The van der Waals surface area contributed by atoms with Gasteiger partial charge in [0.1, 0.15) is 11.6 Å². The van der Waals surface area contributed by atoms with Gasteiger partial charge in [0.15, 0.2) is 0 Å². The van der Waals surface area contributed by atoms with Gasteiger partial charge in [0.05, 0.1) is 6.61 Å². The van der Waals surface area contributed by atoms with Crippen LogP contribution in [0.2, 0.25) is 0 Å². The Morgan fingerprint density at radius 2 is 2.35 bits per heavy atom. The van der Waals surface area contributed by atoms with E-state index in [-0.39, 0.29) is 5.75 Å². The molecular weight excluding hydrogens is 221 g/mol. The highest BCUT2D eigenvalue weighted by Gasteiger charge is 2.21. The molecule has 94 valence electrons. The monoisotopic (exact) mass is 239 g/mol. The van der Waals surface area contributed by atoms with Gasteiger partial charge in [-0.25, -0.2) is 4.39 Å². The van der Waals surface area contributed by atoms with E-state index >= 15 is 0 Å². The molecule has 0 amide bonds. The Kier molecular flexibility index (Phi) is 3.97. The van der Waals surface area contributed by atoms with E-state index in [2.05, 4.69) is 12.2 Å². The van der Waals surface area contributed by atoms with Crippen LogP contribution in [0.25, 0.3) is 0 Å². The van der Waals surface area contributed by atoms with Gasteiger partial charge in [-0.1, -0.05) is 0 Å². The Morgan fingerprint density at radius 1 is 1.53 bits per heavy atom. The molecule has 2 atom stereocenters. The van der Waals surface area contributed by atoms with Crippen molar-refractivity contribution in [2.45, 2.75) is 25.9 Å². The second-order valence-electron chi connectivity index (χ2n) is 4.61. The Bertz CT molecular complexity index is 357. The van der Waals surface area contributed by atoms with Gasteiger partial charge >= 0.3 is 0 Å². The highest BCUT2D eigenvalue weighted by Crippen LogP contribution is 2.18. The van der Waals surface area contributed by atoms with Gasteiger partial charge in [-0.3, -0.25) is 0 Å². The van der Waals surface area contributed by atoms with Crippen LogP contribution in [0.3, 0.4) is 0 Å². The Balaban J connectivity index is 1.88. The van der Waals surface area contributed by atoms with Crippen LogP contribution in [0.15, 0.2) is 18.2 Å². The molecule has 0 aromatic heterocycles. The standard InChI is InChI=1S/C13H18FNO2/c1-9(11-2-3-17-8-11)15-7-10-4-12(14)6-13(16)5-10/h4-6,9,11,15-16H,2-3,7-8H2,1H3. The third-order valence-corrected chi connectivity index (χ3v) is 3.24. The number of hydrogen-bond acceptors (Lipinski definition) is 3. The molecule has 0 aliphatic carbocycles. The number of halogens is 1. The maximum absolute atomic E-state index is 13.0. The lowest BCUT2D eigenvalue weighted by atomic mass is 10.0. The second-order valence-corrected chi connectivity index (χ2v) is 4.61. The maximum Gasteiger partial charge on any atom is 0.127 e. The van der Waals surface area contributed by atoms with Gasteiger partial charge < -0.3 is 15.2 Å². The molecule has 0 bridgehead atoms. The van der Waals surface area contributed by atoms with Crippen molar-refractivity contribution in [2.75, 3.05) is 13.2 Å². The van der Waals surface area contributed by atoms with E-state index in [9.17, 15) is 9.50 Å². The van der Waals surface area contributed by atoms with Crippen molar-refractivity contribution in [2.24, 2.45) is 5.92 Å². The Hall–Kier alpha value is -1.13. The molecule has 1 aromatic carbocycles.